The molecule has 84 valence electrons. The van der Waals surface area contributed by atoms with Gasteiger partial charge < -0.3 is 16.2 Å². The molecule has 1 unspecified atom stereocenters. The summed E-state index contributed by atoms with van der Waals surface area (Å²) in [6.07, 6.45) is 0. The summed E-state index contributed by atoms with van der Waals surface area (Å²) in [5.74, 6) is 0.846. The highest BCUT2D eigenvalue weighted by molar-refractivity contribution is 6.37. The first-order valence-corrected chi connectivity index (χ1v) is 5.26. The summed E-state index contributed by atoms with van der Waals surface area (Å²) in [6.45, 7) is 2.58. The van der Waals surface area contributed by atoms with Crippen LogP contribution in [0.25, 0.3) is 0 Å². The van der Waals surface area contributed by atoms with E-state index in [0.717, 1.165) is 0 Å². The number of nitrogens with two attached hydrogens (primary N) is 1. The molecule has 1 aromatic rings. The van der Waals surface area contributed by atoms with E-state index in [2.05, 4.69) is 10.3 Å². The molecule has 0 aliphatic carbocycles. The predicted molar refractivity (Wildman–Crippen MR) is 63.4 cm³/mol. The van der Waals surface area contributed by atoms with Gasteiger partial charge in [0.15, 0.2) is 0 Å². The topological polar surface area (TPSA) is 71.2 Å². The number of nitrogen functional groups attached to an aromatic ring is 1. The molecule has 0 aromatic carbocycles. The van der Waals surface area contributed by atoms with Gasteiger partial charge in [0.1, 0.15) is 11.6 Å². The van der Waals surface area contributed by atoms with Crippen LogP contribution < -0.4 is 11.1 Å². The number of aromatic nitrogens is 1. The molecule has 0 spiro atoms. The monoisotopic (exact) mass is 249 g/mol. The largest absolute Gasteiger partial charge is 0.396 e. The number of pyridine rings is 1. The maximum Gasteiger partial charge on any atom is 0.147 e. The van der Waals surface area contributed by atoms with Crippen molar-refractivity contribution in [3.8, 4) is 0 Å². The fourth-order valence-electron chi connectivity index (χ4n) is 0.940. The average Bonchev–Trinajstić information content (AvgIpc) is 2.21. The minimum absolute atomic E-state index is 0.105. The first kappa shape index (κ1) is 12.4. The minimum atomic E-state index is 0.105. The van der Waals surface area contributed by atoms with E-state index >= 15 is 0 Å². The zero-order valence-corrected chi connectivity index (χ0v) is 9.81. The molecular weight excluding hydrogens is 237 g/mol. The lowest BCUT2D eigenvalue weighted by Crippen LogP contribution is -2.15. The second-order valence-corrected chi connectivity index (χ2v) is 4.17. The second-order valence-electron chi connectivity index (χ2n) is 3.35. The van der Waals surface area contributed by atoms with E-state index in [-0.39, 0.29) is 18.3 Å². The van der Waals surface area contributed by atoms with Crippen molar-refractivity contribution >= 4 is 34.8 Å². The molecule has 0 radical (unpaired) electrons. The molecule has 0 bridgehead atoms. The van der Waals surface area contributed by atoms with Crippen LogP contribution in [0.4, 0.5) is 11.6 Å². The lowest BCUT2D eigenvalue weighted by Gasteiger charge is -2.12. The average molecular weight is 250 g/mol. The highest BCUT2D eigenvalue weighted by Crippen LogP contribution is 2.27. The maximum absolute atomic E-state index is 8.84. The summed E-state index contributed by atoms with van der Waals surface area (Å²) in [7, 11) is 0. The number of anilines is 2. The molecule has 0 fully saturated rings. The molecule has 1 heterocycles. The fraction of sp³-hybridized carbons (Fsp3) is 0.444. The Labute approximate surface area is 98.4 Å². The number of nitrogens with zero attached hydrogens (tertiary/aromatic N) is 1. The van der Waals surface area contributed by atoms with Gasteiger partial charge in [-0.05, 0) is 12.0 Å². The van der Waals surface area contributed by atoms with Crippen molar-refractivity contribution < 1.29 is 5.11 Å². The molecule has 15 heavy (non-hydrogen) atoms. The predicted octanol–water partition coefficient (Wildman–Crippen LogP) is 2.01. The third kappa shape index (κ3) is 3.41. The van der Waals surface area contributed by atoms with Crippen molar-refractivity contribution in [3.05, 3.63) is 16.1 Å². The van der Waals surface area contributed by atoms with Crippen LogP contribution in [0.1, 0.15) is 6.92 Å². The van der Waals surface area contributed by atoms with Gasteiger partial charge in [-0.2, -0.15) is 0 Å². The Balaban J connectivity index is 2.73. The molecule has 4 N–H and O–H groups in total. The molecule has 4 nitrogen and oxygen atoms in total. The van der Waals surface area contributed by atoms with Crippen molar-refractivity contribution in [1.29, 1.82) is 0 Å². The molecule has 0 saturated heterocycles. The van der Waals surface area contributed by atoms with E-state index < -0.39 is 0 Å². The van der Waals surface area contributed by atoms with Crippen LogP contribution in [0.5, 0.6) is 0 Å². The van der Waals surface area contributed by atoms with Gasteiger partial charge in [0.25, 0.3) is 0 Å². The first-order valence-electron chi connectivity index (χ1n) is 4.50. The smallest absolute Gasteiger partial charge is 0.147 e. The Hall–Kier alpha value is -0.710. The highest BCUT2D eigenvalue weighted by atomic mass is 35.5. The van der Waals surface area contributed by atoms with Crippen molar-refractivity contribution in [1.82, 2.24) is 4.98 Å². The second kappa shape index (κ2) is 5.39. The van der Waals surface area contributed by atoms with Crippen LogP contribution in [0.15, 0.2) is 6.07 Å². The first-order chi connectivity index (χ1) is 7.04. The van der Waals surface area contributed by atoms with Gasteiger partial charge in [0, 0.05) is 13.2 Å². The van der Waals surface area contributed by atoms with Gasteiger partial charge in [-0.15, -0.1) is 0 Å². The Morgan fingerprint density at radius 3 is 2.80 bits per heavy atom. The maximum atomic E-state index is 8.84. The highest BCUT2D eigenvalue weighted by Gasteiger charge is 2.07. The van der Waals surface area contributed by atoms with Crippen molar-refractivity contribution in [3.63, 3.8) is 0 Å². The number of hydrogen-bond acceptors (Lipinski definition) is 4. The third-order valence-corrected chi connectivity index (χ3v) is 2.48. The minimum Gasteiger partial charge on any atom is -0.396 e. The molecule has 0 saturated carbocycles. The van der Waals surface area contributed by atoms with Crippen molar-refractivity contribution in [2.75, 3.05) is 24.2 Å². The van der Waals surface area contributed by atoms with Gasteiger partial charge in [0.2, 0.25) is 0 Å². The Morgan fingerprint density at radius 2 is 2.20 bits per heavy atom. The SMILES string of the molecule is CC(CO)CNc1nc(N)c(Cl)cc1Cl. The van der Waals surface area contributed by atoms with Gasteiger partial charge >= 0.3 is 0 Å². The summed E-state index contributed by atoms with van der Waals surface area (Å²) in [6, 6.07) is 1.54. The zero-order valence-electron chi connectivity index (χ0n) is 8.30. The quantitative estimate of drug-likeness (QED) is 0.764. The van der Waals surface area contributed by atoms with Crippen LogP contribution in [-0.4, -0.2) is 23.2 Å². The van der Waals surface area contributed by atoms with Crippen LogP contribution in [0, 0.1) is 5.92 Å². The van der Waals surface area contributed by atoms with Gasteiger partial charge in [0.05, 0.1) is 10.0 Å². The van der Waals surface area contributed by atoms with Gasteiger partial charge in [-0.1, -0.05) is 30.1 Å². The lowest BCUT2D eigenvalue weighted by atomic mass is 10.2. The van der Waals surface area contributed by atoms with E-state index in [1.54, 1.807) is 0 Å². The van der Waals surface area contributed by atoms with E-state index in [1.807, 2.05) is 6.92 Å². The van der Waals surface area contributed by atoms with Gasteiger partial charge in [-0.25, -0.2) is 4.98 Å². The Kier molecular flexibility index (Phi) is 4.45. The summed E-state index contributed by atoms with van der Waals surface area (Å²) in [5.41, 5.74) is 5.54. The van der Waals surface area contributed by atoms with E-state index in [1.165, 1.54) is 6.07 Å². The van der Waals surface area contributed by atoms with Crippen LogP contribution in [-0.2, 0) is 0 Å². The zero-order chi connectivity index (χ0) is 11.4. The molecule has 1 aromatic heterocycles. The number of aliphatic hydroxyl groups excluding tert-OH is 1. The molecular formula is C9H13Cl2N3O. The van der Waals surface area contributed by atoms with Gasteiger partial charge in [-0.3, -0.25) is 0 Å². The van der Waals surface area contributed by atoms with E-state index in [9.17, 15) is 0 Å². The number of aliphatic hydroxyl groups is 1. The molecule has 6 heteroatoms. The van der Waals surface area contributed by atoms with Crippen LogP contribution in [0.2, 0.25) is 10.0 Å². The van der Waals surface area contributed by atoms with Crippen LogP contribution in [0.3, 0.4) is 0 Å². The number of hydrogen-bond donors (Lipinski definition) is 3. The summed E-state index contributed by atoms with van der Waals surface area (Å²) in [5, 5.41) is 12.6. The normalized spacial score (nSPS) is 12.5. The molecule has 1 atom stereocenters. The summed E-state index contributed by atoms with van der Waals surface area (Å²) < 4.78 is 0. The van der Waals surface area contributed by atoms with Crippen LogP contribution >= 0.6 is 23.2 Å². The molecule has 0 aliphatic heterocycles. The number of halogens is 2. The van der Waals surface area contributed by atoms with E-state index in [4.69, 9.17) is 34.0 Å². The molecule has 1 rings (SSSR count). The van der Waals surface area contributed by atoms with Crippen molar-refractivity contribution in [2.45, 2.75) is 6.92 Å². The number of rotatable bonds is 4. The third-order valence-electron chi connectivity index (χ3n) is 1.89. The summed E-state index contributed by atoms with van der Waals surface area (Å²) >= 11 is 11.6. The standard InChI is InChI=1S/C9H13Cl2N3O/c1-5(4-15)3-13-9-7(11)2-6(10)8(12)14-9/h2,5,15H,3-4H2,1H3,(H3,12,13,14). The summed E-state index contributed by atoms with van der Waals surface area (Å²) in [4.78, 5) is 4.00. The van der Waals surface area contributed by atoms with Crippen molar-refractivity contribution in [2.24, 2.45) is 5.92 Å². The lowest BCUT2D eigenvalue weighted by molar-refractivity contribution is 0.244. The molecule has 0 amide bonds. The Bertz CT molecular complexity index is 346. The molecule has 0 aliphatic rings. The van der Waals surface area contributed by atoms with E-state index in [0.29, 0.717) is 22.4 Å². The Morgan fingerprint density at radius 1 is 1.53 bits per heavy atom. The number of nitrogens with one attached hydrogen (secondary N) is 1. The fourth-order valence-corrected chi connectivity index (χ4v) is 1.37.